The Morgan fingerprint density at radius 1 is 1.23 bits per heavy atom. The third-order valence-corrected chi connectivity index (χ3v) is 4.16. The van der Waals surface area contributed by atoms with Crippen molar-refractivity contribution in [2.75, 3.05) is 11.6 Å². The molecule has 2 aromatic rings. The predicted molar refractivity (Wildman–Crippen MR) is 96.1 cm³/mol. The maximum atomic E-state index is 13.3. The number of hydrogen-bond donors (Lipinski definition) is 3. The standard InChI is InChI=1S/C17H16BrFN4O3/c18-14-10-13(6-7-15(14)19)22-11-16(23(25)26-22)21-17(24)20-9-8-12-4-2-1-3-5-12/h1-7,10-11,25H,8-9H2,(H2,20,21,24). The number of amides is 2. The molecule has 9 heteroatoms. The Kier molecular flexibility index (Phi) is 5.71. The number of hydroxylamine groups is 3. The van der Waals surface area contributed by atoms with E-state index in [0.29, 0.717) is 23.9 Å². The fraction of sp³-hybridized carbons (Fsp3) is 0.118. The summed E-state index contributed by atoms with van der Waals surface area (Å²) in [5, 5.41) is 16.5. The molecule has 3 N–H and O–H groups in total. The molecule has 0 aromatic heterocycles. The van der Waals surface area contributed by atoms with Crippen LogP contribution in [0.2, 0.25) is 0 Å². The van der Waals surface area contributed by atoms with Gasteiger partial charge in [0.2, 0.25) is 0 Å². The first kappa shape index (κ1) is 18.2. The molecule has 0 atom stereocenters. The van der Waals surface area contributed by atoms with Crippen LogP contribution < -0.4 is 15.7 Å². The number of rotatable bonds is 5. The van der Waals surface area contributed by atoms with Crippen molar-refractivity contribution in [3.05, 3.63) is 76.4 Å². The molecule has 1 heterocycles. The van der Waals surface area contributed by atoms with Crippen molar-refractivity contribution < 1.29 is 19.3 Å². The predicted octanol–water partition coefficient (Wildman–Crippen LogP) is 3.29. The van der Waals surface area contributed by atoms with Gasteiger partial charge in [-0.15, -0.1) is 4.94 Å². The van der Waals surface area contributed by atoms with Gasteiger partial charge in [-0.3, -0.25) is 10.5 Å². The van der Waals surface area contributed by atoms with Gasteiger partial charge in [-0.1, -0.05) is 35.6 Å². The minimum absolute atomic E-state index is 0.0164. The summed E-state index contributed by atoms with van der Waals surface area (Å²) in [5.41, 5.74) is 1.56. The third kappa shape index (κ3) is 4.51. The Morgan fingerprint density at radius 3 is 2.73 bits per heavy atom. The molecule has 2 amide bonds. The molecule has 0 unspecified atom stereocenters. The largest absolute Gasteiger partial charge is 0.337 e. The second-order valence-corrected chi connectivity index (χ2v) is 6.26. The molecule has 2 aromatic carbocycles. The Labute approximate surface area is 157 Å². The van der Waals surface area contributed by atoms with Crippen molar-refractivity contribution in [2.45, 2.75) is 6.42 Å². The number of anilines is 1. The maximum absolute atomic E-state index is 13.3. The molecular weight excluding hydrogens is 407 g/mol. The molecule has 0 spiro atoms. The van der Waals surface area contributed by atoms with Crippen molar-refractivity contribution in [2.24, 2.45) is 0 Å². The molecule has 136 valence electrons. The highest BCUT2D eigenvalue weighted by Crippen LogP contribution is 2.27. The average molecular weight is 423 g/mol. The van der Waals surface area contributed by atoms with Crippen LogP contribution in [0.1, 0.15) is 5.56 Å². The maximum Gasteiger partial charge on any atom is 0.320 e. The van der Waals surface area contributed by atoms with Gasteiger partial charge in [0, 0.05) is 6.54 Å². The van der Waals surface area contributed by atoms with Crippen LogP contribution in [0.15, 0.2) is 65.0 Å². The molecule has 7 nitrogen and oxygen atoms in total. The molecule has 1 aliphatic heterocycles. The van der Waals surface area contributed by atoms with Crippen LogP contribution in [-0.2, 0) is 11.4 Å². The summed E-state index contributed by atoms with van der Waals surface area (Å²) in [6.45, 7) is 0.435. The van der Waals surface area contributed by atoms with E-state index in [1.807, 2.05) is 30.3 Å². The molecule has 3 rings (SSSR count). The average Bonchev–Trinajstić information content (AvgIpc) is 2.99. The molecule has 0 fully saturated rings. The van der Waals surface area contributed by atoms with Crippen LogP contribution in [-0.4, -0.2) is 23.0 Å². The Bertz CT molecular complexity index is 819. The first-order valence-electron chi connectivity index (χ1n) is 7.75. The summed E-state index contributed by atoms with van der Waals surface area (Å²) in [5.74, 6) is -0.406. The van der Waals surface area contributed by atoms with Crippen LogP contribution in [0.5, 0.6) is 0 Å². The lowest BCUT2D eigenvalue weighted by atomic mass is 10.1. The van der Waals surface area contributed by atoms with Crippen molar-refractivity contribution in [3.8, 4) is 0 Å². The first-order chi connectivity index (χ1) is 12.5. The molecule has 0 saturated heterocycles. The van der Waals surface area contributed by atoms with Crippen molar-refractivity contribution in [3.63, 3.8) is 0 Å². The molecule has 0 aliphatic carbocycles. The molecule has 0 radical (unpaired) electrons. The topological polar surface area (TPSA) is 77.1 Å². The molecule has 26 heavy (non-hydrogen) atoms. The second kappa shape index (κ2) is 8.17. The lowest BCUT2D eigenvalue weighted by Crippen LogP contribution is -2.39. The number of nitrogens with zero attached hydrogens (tertiary/aromatic N) is 2. The van der Waals surface area contributed by atoms with Crippen LogP contribution >= 0.6 is 15.9 Å². The van der Waals surface area contributed by atoms with Crippen LogP contribution in [0, 0.1) is 5.82 Å². The Morgan fingerprint density at radius 2 is 2.00 bits per heavy atom. The Hall–Kier alpha value is -2.62. The van der Waals surface area contributed by atoms with E-state index in [1.54, 1.807) is 0 Å². The monoisotopic (exact) mass is 422 g/mol. The fourth-order valence-corrected chi connectivity index (χ4v) is 2.63. The van der Waals surface area contributed by atoms with E-state index in [9.17, 15) is 14.4 Å². The van der Waals surface area contributed by atoms with Gasteiger partial charge < -0.3 is 5.32 Å². The van der Waals surface area contributed by atoms with Crippen LogP contribution in [0.25, 0.3) is 0 Å². The van der Waals surface area contributed by atoms with Gasteiger partial charge in [0.15, 0.2) is 5.82 Å². The number of benzene rings is 2. The van der Waals surface area contributed by atoms with E-state index >= 15 is 0 Å². The summed E-state index contributed by atoms with van der Waals surface area (Å²) in [6, 6.07) is 13.4. The lowest BCUT2D eigenvalue weighted by Gasteiger charge is -2.16. The van der Waals surface area contributed by atoms with E-state index in [-0.39, 0.29) is 10.3 Å². The summed E-state index contributed by atoms with van der Waals surface area (Å²) in [6.07, 6.45) is 2.04. The molecule has 0 bridgehead atoms. The van der Waals surface area contributed by atoms with E-state index < -0.39 is 11.8 Å². The van der Waals surface area contributed by atoms with Gasteiger partial charge in [-0.25, -0.2) is 9.18 Å². The highest BCUT2D eigenvalue weighted by molar-refractivity contribution is 9.10. The zero-order valence-electron chi connectivity index (χ0n) is 13.5. The number of hydrogen-bond acceptors (Lipinski definition) is 5. The number of carbonyl (C=O) groups excluding carboxylic acids is 1. The van der Waals surface area contributed by atoms with Gasteiger partial charge >= 0.3 is 6.03 Å². The number of nitrogens with one attached hydrogen (secondary N) is 2. The molecule has 1 aliphatic rings. The SMILES string of the molecule is O=C(NCCc1ccccc1)NC1=CN(c2ccc(F)c(Br)c2)ON1O. The third-order valence-electron chi connectivity index (χ3n) is 3.55. The van der Waals surface area contributed by atoms with Gasteiger partial charge in [0.25, 0.3) is 0 Å². The minimum Gasteiger partial charge on any atom is -0.337 e. The highest BCUT2D eigenvalue weighted by Gasteiger charge is 2.24. The lowest BCUT2D eigenvalue weighted by molar-refractivity contribution is -0.305. The number of urea groups is 1. The highest BCUT2D eigenvalue weighted by atomic mass is 79.9. The first-order valence-corrected chi connectivity index (χ1v) is 8.54. The molecular formula is C17H16BrFN4O3. The van der Waals surface area contributed by atoms with E-state index in [0.717, 1.165) is 5.56 Å². The van der Waals surface area contributed by atoms with Crippen molar-refractivity contribution in [1.82, 2.24) is 15.9 Å². The van der Waals surface area contributed by atoms with Gasteiger partial charge in [0.1, 0.15) is 5.82 Å². The fourth-order valence-electron chi connectivity index (χ4n) is 2.26. The number of halogens is 2. The summed E-state index contributed by atoms with van der Waals surface area (Å²) >= 11 is 3.08. The quantitative estimate of drug-likeness (QED) is 0.688. The van der Waals surface area contributed by atoms with E-state index in [1.165, 1.54) is 29.5 Å². The zero-order chi connectivity index (χ0) is 18.5. The Balaban J connectivity index is 1.54. The summed E-state index contributed by atoms with van der Waals surface area (Å²) < 4.78 is 13.6. The summed E-state index contributed by atoms with van der Waals surface area (Å²) in [4.78, 5) is 17.0. The van der Waals surface area contributed by atoms with Crippen LogP contribution in [0.4, 0.5) is 14.9 Å². The van der Waals surface area contributed by atoms with Crippen LogP contribution in [0.3, 0.4) is 0 Å². The summed E-state index contributed by atoms with van der Waals surface area (Å²) in [7, 11) is 0. The van der Waals surface area contributed by atoms with Crippen molar-refractivity contribution >= 4 is 27.6 Å². The van der Waals surface area contributed by atoms with Gasteiger partial charge in [-0.05, 0) is 46.1 Å². The van der Waals surface area contributed by atoms with E-state index in [2.05, 4.69) is 26.6 Å². The van der Waals surface area contributed by atoms with E-state index in [4.69, 9.17) is 4.94 Å². The van der Waals surface area contributed by atoms with Gasteiger partial charge in [0.05, 0.1) is 16.4 Å². The zero-order valence-corrected chi connectivity index (χ0v) is 15.1. The number of carbonyl (C=O) groups is 1. The second-order valence-electron chi connectivity index (χ2n) is 5.41. The normalized spacial score (nSPS) is 13.6. The smallest absolute Gasteiger partial charge is 0.320 e. The minimum atomic E-state index is -0.489. The van der Waals surface area contributed by atoms with Crippen molar-refractivity contribution in [1.29, 1.82) is 0 Å². The van der Waals surface area contributed by atoms with Gasteiger partial charge in [-0.2, -0.15) is 5.06 Å². The molecule has 0 saturated carbocycles.